The topological polar surface area (TPSA) is 89.8 Å². The first-order chi connectivity index (χ1) is 7.24. The zero-order valence-corrected chi connectivity index (χ0v) is 8.01. The molecule has 0 radical (unpaired) electrons. The van der Waals surface area contributed by atoms with Gasteiger partial charge in [0.05, 0.1) is 0 Å². The number of hydrogen-bond donors (Lipinski definition) is 3. The van der Waals surface area contributed by atoms with Crippen molar-refractivity contribution in [3.8, 4) is 0 Å². The Labute approximate surface area is 87.2 Å². The largest absolute Gasteiger partial charge is 0.384 e. The van der Waals surface area contributed by atoms with Gasteiger partial charge in [-0.2, -0.15) is 0 Å². The van der Waals surface area contributed by atoms with E-state index in [1.165, 1.54) is 0 Å². The number of anilines is 4. The van der Waals surface area contributed by atoms with Crippen molar-refractivity contribution < 1.29 is 0 Å². The summed E-state index contributed by atoms with van der Waals surface area (Å²) in [7, 11) is 0. The lowest BCUT2D eigenvalue weighted by Gasteiger charge is -2.05. The van der Waals surface area contributed by atoms with E-state index < -0.39 is 0 Å². The Morgan fingerprint density at radius 1 is 0.800 bits per heavy atom. The first kappa shape index (κ1) is 9.26. The van der Waals surface area contributed by atoms with Crippen LogP contribution in [0.3, 0.4) is 0 Å². The molecule has 5 heteroatoms. The molecule has 0 aliphatic carbocycles. The molecule has 2 heterocycles. The molecule has 0 aliphatic rings. The number of rotatable bonds is 2. The summed E-state index contributed by atoms with van der Waals surface area (Å²) >= 11 is 0. The summed E-state index contributed by atoms with van der Waals surface area (Å²) < 4.78 is 0. The van der Waals surface area contributed by atoms with Crippen molar-refractivity contribution in [1.82, 2.24) is 9.97 Å². The zero-order chi connectivity index (χ0) is 10.7. The lowest BCUT2D eigenvalue weighted by Crippen LogP contribution is -1.99. The first-order valence-electron chi connectivity index (χ1n) is 4.46. The van der Waals surface area contributed by atoms with Gasteiger partial charge in [0, 0.05) is 0 Å². The van der Waals surface area contributed by atoms with E-state index in [9.17, 15) is 0 Å². The fourth-order valence-corrected chi connectivity index (χ4v) is 1.17. The average Bonchev–Trinajstić information content (AvgIpc) is 2.17. The van der Waals surface area contributed by atoms with Gasteiger partial charge in [-0.05, 0) is 24.3 Å². The van der Waals surface area contributed by atoms with Crippen molar-refractivity contribution in [3.63, 3.8) is 0 Å². The highest BCUT2D eigenvalue weighted by molar-refractivity contribution is 5.55. The fraction of sp³-hybridized carbons (Fsp3) is 0. The van der Waals surface area contributed by atoms with Crippen LogP contribution in [0.25, 0.3) is 0 Å². The minimum Gasteiger partial charge on any atom is -0.384 e. The van der Waals surface area contributed by atoms with Gasteiger partial charge >= 0.3 is 0 Å². The van der Waals surface area contributed by atoms with E-state index in [0.29, 0.717) is 23.3 Å². The number of aromatic nitrogens is 2. The standard InChI is InChI=1S/C10H11N5/c11-7-3-1-5-9(13-7)15-10-6-2-4-8(12)14-10/h1-6H,(H5,11,12,13,14,15). The van der Waals surface area contributed by atoms with Crippen molar-refractivity contribution in [2.45, 2.75) is 0 Å². The van der Waals surface area contributed by atoms with Crippen molar-refractivity contribution in [2.24, 2.45) is 0 Å². The molecule has 76 valence electrons. The Balaban J connectivity index is 2.22. The van der Waals surface area contributed by atoms with Crippen molar-refractivity contribution in [3.05, 3.63) is 36.4 Å². The van der Waals surface area contributed by atoms with Crippen LogP contribution in [-0.2, 0) is 0 Å². The molecule has 0 aromatic carbocycles. The highest BCUT2D eigenvalue weighted by Gasteiger charge is 1.97. The van der Waals surface area contributed by atoms with Gasteiger partial charge in [0.25, 0.3) is 0 Å². The molecule has 2 aromatic rings. The van der Waals surface area contributed by atoms with Gasteiger partial charge < -0.3 is 16.8 Å². The monoisotopic (exact) mass is 201 g/mol. The summed E-state index contributed by atoms with van der Waals surface area (Å²) in [5, 5.41) is 3.00. The minimum atomic E-state index is 0.462. The van der Waals surface area contributed by atoms with Crippen LogP contribution in [0.4, 0.5) is 23.3 Å². The summed E-state index contributed by atoms with van der Waals surface area (Å²) in [6.45, 7) is 0. The van der Waals surface area contributed by atoms with Crippen LogP contribution in [-0.4, -0.2) is 9.97 Å². The number of nitrogens with zero attached hydrogens (tertiary/aromatic N) is 2. The third kappa shape index (κ3) is 2.34. The molecule has 15 heavy (non-hydrogen) atoms. The predicted octanol–water partition coefficient (Wildman–Crippen LogP) is 1.38. The van der Waals surface area contributed by atoms with Crippen LogP contribution in [0.5, 0.6) is 0 Å². The molecular formula is C10H11N5. The van der Waals surface area contributed by atoms with Crippen molar-refractivity contribution in [1.29, 1.82) is 0 Å². The third-order valence-electron chi connectivity index (χ3n) is 1.80. The second-order valence-corrected chi connectivity index (χ2v) is 3.02. The quantitative estimate of drug-likeness (QED) is 0.683. The highest BCUT2D eigenvalue weighted by Crippen LogP contribution is 2.13. The Morgan fingerprint density at radius 2 is 1.27 bits per heavy atom. The number of hydrogen-bond acceptors (Lipinski definition) is 5. The molecule has 0 spiro atoms. The molecule has 2 rings (SSSR count). The normalized spacial score (nSPS) is 9.87. The van der Waals surface area contributed by atoms with Crippen LogP contribution in [0, 0.1) is 0 Å². The van der Waals surface area contributed by atoms with E-state index in [1.807, 2.05) is 12.1 Å². The van der Waals surface area contributed by atoms with Gasteiger partial charge in [0.1, 0.15) is 23.3 Å². The van der Waals surface area contributed by atoms with Crippen LogP contribution in [0.1, 0.15) is 0 Å². The predicted molar refractivity (Wildman–Crippen MR) is 60.6 cm³/mol. The van der Waals surface area contributed by atoms with Gasteiger partial charge in [0.15, 0.2) is 0 Å². The summed E-state index contributed by atoms with van der Waals surface area (Å²) in [6, 6.07) is 10.7. The summed E-state index contributed by atoms with van der Waals surface area (Å²) in [5.74, 6) is 2.22. The van der Waals surface area contributed by atoms with Gasteiger partial charge in [-0.1, -0.05) is 12.1 Å². The minimum absolute atomic E-state index is 0.462. The van der Waals surface area contributed by atoms with Crippen LogP contribution in [0.2, 0.25) is 0 Å². The van der Waals surface area contributed by atoms with Gasteiger partial charge in [-0.3, -0.25) is 0 Å². The van der Waals surface area contributed by atoms with E-state index >= 15 is 0 Å². The lowest BCUT2D eigenvalue weighted by molar-refractivity contribution is 1.26. The van der Waals surface area contributed by atoms with Crippen LogP contribution >= 0.6 is 0 Å². The molecular weight excluding hydrogens is 190 g/mol. The Morgan fingerprint density at radius 3 is 1.67 bits per heavy atom. The second kappa shape index (κ2) is 3.83. The van der Waals surface area contributed by atoms with Crippen LogP contribution < -0.4 is 16.8 Å². The average molecular weight is 201 g/mol. The number of pyridine rings is 2. The smallest absolute Gasteiger partial charge is 0.133 e. The number of nitrogen functional groups attached to an aromatic ring is 2. The third-order valence-corrected chi connectivity index (χ3v) is 1.80. The van der Waals surface area contributed by atoms with Crippen LogP contribution in [0.15, 0.2) is 36.4 Å². The maximum atomic E-state index is 5.55. The second-order valence-electron chi connectivity index (χ2n) is 3.02. The van der Waals surface area contributed by atoms with Gasteiger partial charge in [-0.25, -0.2) is 9.97 Å². The fourth-order valence-electron chi connectivity index (χ4n) is 1.17. The summed E-state index contributed by atoms with van der Waals surface area (Å²) in [5.41, 5.74) is 11.1. The van der Waals surface area contributed by atoms with E-state index in [2.05, 4.69) is 15.3 Å². The molecule has 0 fully saturated rings. The van der Waals surface area contributed by atoms with Gasteiger partial charge in [0.2, 0.25) is 0 Å². The number of nitrogens with two attached hydrogens (primary N) is 2. The summed E-state index contributed by atoms with van der Waals surface area (Å²) in [4.78, 5) is 8.17. The first-order valence-corrected chi connectivity index (χ1v) is 4.46. The number of nitrogens with one attached hydrogen (secondary N) is 1. The van der Waals surface area contributed by atoms with Gasteiger partial charge in [-0.15, -0.1) is 0 Å². The molecule has 0 saturated carbocycles. The van der Waals surface area contributed by atoms with E-state index in [-0.39, 0.29) is 0 Å². The molecule has 5 nitrogen and oxygen atoms in total. The molecule has 0 saturated heterocycles. The zero-order valence-electron chi connectivity index (χ0n) is 8.01. The Hall–Kier alpha value is -2.30. The van der Waals surface area contributed by atoms with Crippen molar-refractivity contribution in [2.75, 3.05) is 16.8 Å². The SMILES string of the molecule is Nc1cccc(Nc2cccc(N)n2)n1. The summed E-state index contributed by atoms with van der Waals surface area (Å²) in [6.07, 6.45) is 0. The molecule has 0 unspecified atom stereocenters. The lowest BCUT2D eigenvalue weighted by atomic mass is 10.4. The molecule has 0 aliphatic heterocycles. The molecule has 0 atom stereocenters. The highest BCUT2D eigenvalue weighted by atomic mass is 15.1. The van der Waals surface area contributed by atoms with E-state index in [1.54, 1.807) is 24.3 Å². The van der Waals surface area contributed by atoms with E-state index in [0.717, 1.165) is 0 Å². The molecule has 5 N–H and O–H groups in total. The molecule has 0 amide bonds. The molecule has 2 aromatic heterocycles. The molecule has 0 bridgehead atoms. The maximum Gasteiger partial charge on any atom is 0.133 e. The Bertz CT molecular complexity index is 425. The maximum absolute atomic E-state index is 5.55. The van der Waals surface area contributed by atoms with E-state index in [4.69, 9.17) is 11.5 Å². The van der Waals surface area contributed by atoms with Crippen molar-refractivity contribution >= 4 is 23.3 Å². The Kier molecular flexibility index (Phi) is 2.37.